The Bertz CT molecular complexity index is 363. The molecule has 0 aromatic carbocycles. The van der Waals surface area contributed by atoms with E-state index in [-0.39, 0.29) is 12.5 Å². The first-order chi connectivity index (χ1) is 8.75. The molecule has 6 heteroatoms. The molecule has 18 heavy (non-hydrogen) atoms. The first-order valence-corrected chi connectivity index (χ1v) is 6.98. The molecule has 2 rings (SSSR count). The Hall–Kier alpha value is -0.950. The number of nitrogens with zero attached hydrogens (tertiary/aromatic N) is 1. The SMILES string of the molecule is O=C(NCC(O)CN1CCOCC1)c1ccsc1. The number of rotatable bonds is 5. The van der Waals surface area contributed by atoms with E-state index in [1.807, 2.05) is 5.38 Å². The van der Waals surface area contributed by atoms with Gasteiger partial charge < -0.3 is 15.2 Å². The minimum Gasteiger partial charge on any atom is -0.390 e. The number of carbonyl (C=O) groups excluding carboxylic acids is 1. The number of aliphatic hydroxyl groups is 1. The molecule has 1 amide bonds. The van der Waals surface area contributed by atoms with Crippen LogP contribution >= 0.6 is 11.3 Å². The summed E-state index contributed by atoms with van der Waals surface area (Å²) in [6.07, 6.45) is -0.536. The van der Waals surface area contributed by atoms with Crippen molar-refractivity contribution in [2.45, 2.75) is 6.10 Å². The molecule has 1 saturated heterocycles. The fourth-order valence-corrected chi connectivity index (χ4v) is 2.49. The van der Waals surface area contributed by atoms with Crippen molar-refractivity contribution in [3.8, 4) is 0 Å². The van der Waals surface area contributed by atoms with Crippen LogP contribution in [0, 0.1) is 0 Å². The fourth-order valence-electron chi connectivity index (χ4n) is 1.85. The lowest BCUT2D eigenvalue weighted by molar-refractivity contribution is 0.0149. The number of aliphatic hydroxyl groups excluding tert-OH is 1. The molecule has 0 aliphatic carbocycles. The van der Waals surface area contributed by atoms with E-state index in [0.29, 0.717) is 25.3 Å². The zero-order valence-electron chi connectivity index (χ0n) is 10.2. The van der Waals surface area contributed by atoms with E-state index < -0.39 is 6.10 Å². The molecule has 1 aliphatic heterocycles. The lowest BCUT2D eigenvalue weighted by Gasteiger charge is -2.28. The normalized spacial score (nSPS) is 18.5. The third-order valence-electron chi connectivity index (χ3n) is 2.85. The van der Waals surface area contributed by atoms with E-state index in [2.05, 4.69) is 10.2 Å². The predicted molar refractivity (Wildman–Crippen MR) is 69.9 cm³/mol. The minimum absolute atomic E-state index is 0.128. The molecular formula is C12H18N2O3S. The molecule has 1 aliphatic rings. The number of amides is 1. The molecule has 1 fully saturated rings. The molecule has 0 saturated carbocycles. The van der Waals surface area contributed by atoms with Gasteiger partial charge in [-0.25, -0.2) is 0 Å². The van der Waals surface area contributed by atoms with Crippen molar-refractivity contribution >= 4 is 17.2 Å². The van der Waals surface area contributed by atoms with Crippen LogP contribution in [0.1, 0.15) is 10.4 Å². The Morgan fingerprint density at radius 3 is 3.00 bits per heavy atom. The first kappa shape index (κ1) is 13.5. The molecule has 0 spiro atoms. The van der Waals surface area contributed by atoms with Crippen LogP contribution in [0.15, 0.2) is 16.8 Å². The topological polar surface area (TPSA) is 61.8 Å². The molecule has 2 heterocycles. The van der Waals surface area contributed by atoms with E-state index in [4.69, 9.17) is 4.74 Å². The second-order valence-electron chi connectivity index (χ2n) is 4.29. The van der Waals surface area contributed by atoms with Crippen molar-refractivity contribution in [2.75, 3.05) is 39.4 Å². The maximum Gasteiger partial charge on any atom is 0.252 e. The highest BCUT2D eigenvalue weighted by Gasteiger charge is 2.15. The second kappa shape index (κ2) is 6.84. The lowest BCUT2D eigenvalue weighted by Crippen LogP contribution is -2.44. The fraction of sp³-hybridized carbons (Fsp3) is 0.583. The number of nitrogens with one attached hydrogen (secondary N) is 1. The van der Waals surface area contributed by atoms with Crippen molar-refractivity contribution in [2.24, 2.45) is 0 Å². The highest BCUT2D eigenvalue weighted by molar-refractivity contribution is 7.08. The summed E-state index contributed by atoms with van der Waals surface area (Å²) in [6.45, 7) is 3.98. The van der Waals surface area contributed by atoms with E-state index in [0.717, 1.165) is 13.1 Å². The quantitative estimate of drug-likeness (QED) is 0.801. The third-order valence-corrected chi connectivity index (χ3v) is 3.54. The van der Waals surface area contributed by atoms with E-state index in [1.165, 1.54) is 11.3 Å². The van der Waals surface area contributed by atoms with Crippen LogP contribution in [0.3, 0.4) is 0 Å². The zero-order valence-corrected chi connectivity index (χ0v) is 11.0. The molecule has 1 aromatic heterocycles. The van der Waals surface area contributed by atoms with Crippen molar-refractivity contribution in [3.05, 3.63) is 22.4 Å². The first-order valence-electron chi connectivity index (χ1n) is 6.04. The minimum atomic E-state index is -0.536. The summed E-state index contributed by atoms with van der Waals surface area (Å²) in [4.78, 5) is 13.8. The molecule has 1 atom stereocenters. The van der Waals surface area contributed by atoms with Gasteiger partial charge in [-0.1, -0.05) is 0 Å². The van der Waals surface area contributed by atoms with Gasteiger partial charge in [0.25, 0.3) is 5.91 Å². The van der Waals surface area contributed by atoms with Gasteiger partial charge in [-0.05, 0) is 11.4 Å². The maximum absolute atomic E-state index is 11.7. The Labute approximate surface area is 110 Å². The molecule has 0 bridgehead atoms. The molecule has 2 N–H and O–H groups in total. The van der Waals surface area contributed by atoms with Crippen LogP contribution < -0.4 is 5.32 Å². The number of hydrogen-bond acceptors (Lipinski definition) is 5. The zero-order chi connectivity index (χ0) is 12.8. The Balaban J connectivity index is 1.68. The summed E-state index contributed by atoms with van der Waals surface area (Å²) >= 11 is 1.49. The largest absolute Gasteiger partial charge is 0.390 e. The van der Waals surface area contributed by atoms with Crippen LogP contribution in [0.2, 0.25) is 0 Å². The highest BCUT2D eigenvalue weighted by atomic mass is 32.1. The van der Waals surface area contributed by atoms with Crippen LogP contribution in [-0.2, 0) is 4.74 Å². The van der Waals surface area contributed by atoms with Gasteiger partial charge in [-0.15, -0.1) is 0 Å². The van der Waals surface area contributed by atoms with Gasteiger partial charge >= 0.3 is 0 Å². The molecular weight excluding hydrogens is 252 g/mol. The van der Waals surface area contributed by atoms with Crippen molar-refractivity contribution in [3.63, 3.8) is 0 Å². The average molecular weight is 270 g/mol. The van der Waals surface area contributed by atoms with Crippen LogP contribution in [0.25, 0.3) is 0 Å². The van der Waals surface area contributed by atoms with Crippen LogP contribution in [-0.4, -0.2) is 61.4 Å². The van der Waals surface area contributed by atoms with Crippen LogP contribution in [0.5, 0.6) is 0 Å². The van der Waals surface area contributed by atoms with Crippen molar-refractivity contribution in [1.29, 1.82) is 0 Å². The molecule has 5 nitrogen and oxygen atoms in total. The van der Waals surface area contributed by atoms with E-state index in [1.54, 1.807) is 11.4 Å². The summed E-state index contributed by atoms with van der Waals surface area (Å²) in [7, 11) is 0. The van der Waals surface area contributed by atoms with Gasteiger partial charge in [-0.3, -0.25) is 9.69 Å². The van der Waals surface area contributed by atoms with Crippen molar-refractivity contribution in [1.82, 2.24) is 10.2 Å². The Morgan fingerprint density at radius 2 is 2.33 bits per heavy atom. The summed E-state index contributed by atoms with van der Waals surface area (Å²) in [6, 6.07) is 1.77. The second-order valence-corrected chi connectivity index (χ2v) is 5.07. The van der Waals surface area contributed by atoms with Gasteiger partial charge in [0.2, 0.25) is 0 Å². The average Bonchev–Trinajstić information content (AvgIpc) is 2.91. The van der Waals surface area contributed by atoms with Gasteiger partial charge in [0.05, 0.1) is 19.3 Å². The summed E-state index contributed by atoms with van der Waals surface area (Å²) in [5.74, 6) is -0.128. The molecule has 100 valence electrons. The Morgan fingerprint density at radius 1 is 1.56 bits per heavy atom. The van der Waals surface area contributed by atoms with Gasteiger partial charge in [0, 0.05) is 37.1 Å². The van der Waals surface area contributed by atoms with Gasteiger partial charge in [0.15, 0.2) is 0 Å². The smallest absolute Gasteiger partial charge is 0.252 e. The van der Waals surface area contributed by atoms with E-state index in [9.17, 15) is 9.90 Å². The van der Waals surface area contributed by atoms with Gasteiger partial charge in [-0.2, -0.15) is 11.3 Å². The predicted octanol–water partition coefficient (Wildman–Crippen LogP) is 0.171. The molecule has 0 radical (unpaired) electrons. The number of morpholine rings is 1. The standard InChI is InChI=1S/C12H18N2O3S/c15-11(8-14-2-4-17-5-3-14)7-13-12(16)10-1-6-18-9-10/h1,6,9,11,15H,2-5,7-8H2,(H,13,16). The van der Waals surface area contributed by atoms with Crippen LogP contribution in [0.4, 0.5) is 0 Å². The maximum atomic E-state index is 11.7. The highest BCUT2D eigenvalue weighted by Crippen LogP contribution is 2.05. The number of β-amino-alcohol motifs (C(OH)–C–C–N with tert-alkyl or cyclic N) is 1. The number of hydrogen-bond donors (Lipinski definition) is 2. The van der Waals surface area contributed by atoms with Crippen molar-refractivity contribution < 1.29 is 14.6 Å². The summed E-state index contributed by atoms with van der Waals surface area (Å²) in [5.41, 5.74) is 0.651. The lowest BCUT2D eigenvalue weighted by atomic mass is 10.2. The van der Waals surface area contributed by atoms with Gasteiger partial charge in [0.1, 0.15) is 0 Å². The number of ether oxygens (including phenoxy) is 1. The number of thiophene rings is 1. The third kappa shape index (κ3) is 4.06. The Kier molecular flexibility index (Phi) is 5.12. The monoisotopic (exact) mass is 270 g/mol. The summed E-state index contributed by atoms with van der Waals surface area (Å²) in [5, 5.41) is 16.2. The summed E-state index contributed by atoms with van der Waals surface area (Å²) < 4.78 is 5.24. The molecule has 1 unspecified atom stereocenters. The molecule has 1 aromatic rings. The van der Waals surface area contributed by atoms with E-state index >= 15 is 0 Å². The number of carbonyl (C=O) groups is 1.